The van der Waals surface area contributed by atoms with Crippen LogP contribution in [-0.2, 0) is 16.0 Å². The Morgan fingerprint density at radius 3 is 2.46 bits per heavy atom. The molecule has 2 N–H and O–H groups in total. The average molecular weight is 388 g/mol. The molecule has 1 heterocycles. The van der Waals surface area contributed by atoms with E-state index in [0.717, 1.165) is 37.0 Å². The van der Waals surface area contributed by atoms with Crippen LogP contribution >= 0.6 is 0 Å². The molecule has 6 nitrogen and oxygen atoms in total. The molecule has 0 spiro atoms. The summed E-state index contributed by atoms with van der Waals surface area (Å²) in [7, 11) is 0. The number of carbonyl (C=O) groups excluding carboxylic acids is 2. The molecule has 2 aliphatic rings. The van der Waals surface area contributed by atoms with Gasteiger partial charge in [-0.05, 0) is 43.7 Å². The topological polar surface area (TPSA) is 75.9 Å². The van der Waals surface area contributed by atoms with Crippen LogP contribution in [0.3, 0.4) is 0 Å². The first kappa shape index (κ1) is 20.6. The minimum atomic E-state index is -0.536. The van der Waals surface area contributed by atoms with Gasteiger partial charge in [0.05, 0.1) is 0 Å². The smallest absolute Gasteiger partial charge is 0.263 e. The molecule has 1 aliphatic heterocycles. The zero-order chi connectivity index (χ0) is 20.1. The molecule has 0 bridgehead atoms. The van der Waals surface area contributed by atoms with Crippen LogP contribution in [0.15, 0.2) is 24.3 Å². The standard InChI is InChI=1S/C22H33N3O3/c1-3-17-7-4-5-10-20(17)28-16(2)22(27)25-13-11-24(12-14-25)21(26)15-18-8-6-9-19(18)23/h4-5,7,10,16,18-19H,3,6,8-9,11-15,23H2,1-2H3/t16?,18-,19+/m0/s1. The van der Waals surface area contributed by atoms with Crippen molar-refractivity contribution in [1.29, 1.82) is 0 Å². The van der Waals surface area contributed by atoms with Gasteiger partial charge < -0.3 is 20.3 Å². The molecule has 1 aromatic carbocycles. The highest BCUT2D eigenvalue weighted by atomic mass is 16.5. The summed E-state index contributed by atoms with van der Waals surface area (Å²) >= 11 is 0. The third kappa shape index (κ3) is 4.85. The summed E-state index contributed by atoms with van der Waals surface area (Å²) in [6.07, 6.45) is 4.08. The van der Waals surface area contributed by atoms with Gasteiger partial charge in [-0.15, -0.1) is 0 Å². The van der Waals surface area contributed by atoms with E-state index in [1.165, 1.54) is 0 Å². The minimum absolute atomic E-state index is 0.0178. The Kier molecular flexibility index (Phi) is 6.94. The molecule has 6 heteroatoms. The summed E-state index contributed by atoms with van der Waals surface area (Å²) in [5.41, 5.74) is 7.20. The van der Waals surface area contributed by atoms with Gasteiger partial charge >= 0.3 is 0 Å². The Balaban J connectivity index is 1.48. The first-order chi connectivity index (χ1) is 13.5. The van der Waals surface area contributed by atoms with Crippen molar-refractivity contribution in [2.45, 2.75) is 58.1 Å². The van der Waals surface area contributed by atoms with Crippen LogP contribution < -0.4 is 10.5 Å². The number of aryl methyl sites for hydroxylation is 1. The fraction of sp³-hybridized carbons (Fsp3) is 0.636. The molecular weight excluding hydrogens is 354 g/mol. The molecule has 0 aromatic heterocycles. The van der Waals surface area contributed by atoms with E-state index in [-0.39, 0.29) is 17.9 Å². The molecule has 1 saturated carbocycles. The number of carbonyl (C=O) groups is 2. The Morgan fingerprint density at radius 2 is 1.82 bits per heavy atom. The Morgan fingerprint density at radius 1 is 1.14 bits per heavy atom. The summed E-state index contributed by atoms with van der Waals surface area (Å²) in [6.45, 7) is 6.17. The quantitative estimate of drug-likeness (QED) is 0.812. The summed E-state index contributed by atoms with van der Waals surface area (Å²) < 4.78 is 5.94. The van der Waals surface area contributed by atoms with Crippen molar-refractivity contribution in [3.63, 3.8) is 0 Å². The van der Waals surface area contributed by atoms with E-state index in [0.29, 0.717) is 38.5 Å². The molecule has 3 atom stereocenters. The first-order valence-electron chi connectivity index (χ1n) is 10.6. The average Bonchev–Trinajstić information content (AvgIpc) is 3.12. The number of nitrogens with zero attached hydrogens (tertiary/aromatic N) is 2. The number of benzene rings is 1. The van der Waals surface area contributed by atoms with Crippen LogP contribution in [0.5, 0.6) is 5.75 Å². The lowest BCUT2D eigenvalue weighted by molar-refractivity contribution is -0.144. The summed E-state index contributed by atoms with van der Waals surface area (Å²) in [5.74, 6) is 1.25. The van der Waals surface area contributed by atoms with Crippen molar-refractivity contribution in [1.82, 2.24) is 9.80 Å². The molecule has 0 radical (unpaired) electrons. The van der Waals surface area contributed by atoms with Gasteiger partial charge in [0, 0.05) is 38.6 Å². The maximum atomic E-state index is 12.8. The van der Waals surface area contributed by atoms with Gasteiger partial charge in [0.2, 0.25) is 5.91 Å². The predicted molar refractivity (Wildman–Crippen MR) is 109 cm³/mol. The highest BCUT2D eigenvalue weighted by Crippen LogP contribution is 2.27. The number of nitrogens with two attached hydrogens (primary N) is 1. The van der Waals surface area contributed by atoms with Crippen molar-refractivity contribution in [3.05, 3.63) is 29.8 Å². The number of amides is 2. The van der Waals surface area contributed by atoms with Crippen molar-refractivity contribution < 1.29 is 14.3 Å². The van der Waals surface area contributed by atoms with E-state index in [2.05, 4.69) is 6.92 Å². The van der Waals surface area contributed by atoms with E-state index in [1.807, 2.05) is 34.1 Å². The van der Waals surface area contributed by atoms with Gasteiger partial charge in [0.1, 0.15) is 5.75 Å². The molecule has 1 aromatic rings. The number of rotatable bonds is 6. The Labute approximate surface area is 168 Å². The lowest BCUT2D eigenvalue weighted by atomic mass is 9.99. The van der Waals surface area contributed by atoms with Crippen LogP contribution in [0.4, 0.5) is 0 Å². The third-order valence-corrected chi connectivity index (χ3v) is 6.10. The van der Waals surface area contributed by atoms with Crippen molar-refractivity contribution >= 4 is 11.8 Å². The van der Waals surface area contributed by atoms with E-state index in [4.69, 9.17) is 10.5 Å². The van der Waals surface area contributed by atoms with Gasteiger partial charge in [-0.25, -0.2) is 0 Å². The second-order valence-corrected chi connectivity index (χ2v) is 7.99. The largest absolute Gasteiger partial charge is 0.481 e. The van der Waals surface area contributed by atoms with E-state index < -0.39 is 6.10 Å². The predicted octanol–water partition coefficient (Wildman–Crippen LogP) is 2.20. The summed E-state index contributed by atoms with van der Waals surface area (Å²) in [6, 6.07) is 8.00. The van der Waals surface area contributed by atoms with E-state index >= 15 is 0 Å². The van der Waals surface area contributed by atoms with E-state index in [1.54, 1.807) is 6.92 Å². The van der Waals surface area contributed by atoms with Gasteiger partial charge in [-0.2, -0.15) is 0 Å². The first-order valence-corrected chi connectivity index (χ1v) is 10.6. The fourth-order valence-electron chi connectivity index (χ4n) is 4.26. The van der Waals surface area contributed by atoms with E-state index in [9.17, 15) is 9.59 Å². The second-order valence-electron chi connectivity index (χ2n) is 7.99. The number of piperazine rings is 1. The lowest BCUT2D eigenvalue weighted by Crippen LogP contribution is -2.53. The summed E-state index contributed by atoms with van der Waals surface area (Å²) in [5, 5.41) is 0. The van der Waals surface area contributed by atoms with Gasteiger partial charge in [0.15, 0.2) is 6.10 Å². The maximum Gasteiger partial charge on any atom is 0.263 e. The second kappa shape index (κ2) is 9.41. The van der Waals surface area contributed by atoms with Crippen molar-refractivity contribution in [2.75, 3.05) is 26.2 Å². The summed E-state index contributed by atoms with van der Waals surface area (Å²) in [4.78, 5) is 29.0. The van der Waals surface area contributed by atoms with Crippen molar-refractivity contribution in [3.8, 4) is 5.75 Å². The van der Waals surface area contributed by atoms with Gasteiger partial charge in [-0.1, -0.05) is 31.5 Å². The molecule has 2 amide bonds. The molecule has 1 saturated heterocycles. The SMILES string of the molecule is CCc1ccccc1OC(C)C(=O)N1CCN(C(=O)C[C@@H]2CCC[C@H]2N)CC1. The van der Waals surface area contributed by atoms with Crippen LogP contribution in [-0.4, -0.2) is 59.9 Å². The molecule has 3 rings (SSSR count). The molecule has 1 unspecified atom stereocenters. The molecular formula is C22H33N3O3. The monoisotopic (exact) mass is 387 g/mol. The number of ether oxygens (including phenoxy) is 1. The Hall–Kier alpha value is -2.08. The number of hydrogen-bond donors (Lipinski definition) is 1. The minimum Gasteiger partial charge on any atom is -0.481 e. The van der Waals surface area contributed by atoms with Crippen LogP contribution in [0.1, 0.15) is 45.1 Å². The molecule has 28 heavy (non-hydrogen) atoms. The number of hydrogen-bond acceptors (Lipinski definition) is 4. The van der Waals surface area contributed by atoms with Crippen LogP contribution in [0.2, 0.25) is 0 Å². The molecule has 154 valence electrons. The van der Waals surface area contributed by atoms with Gasteiger partial charge in [0.25, 0.3) is 5.91 Å². The molecule has 1 aliphatic carbocycles. The van der Waals surface area contributed by atoms with Gasteiger partial charge in [-0.3, -0.25) is 9.59 Å². The Bertz CT molecular complexity index is 685. The fourth-order valence-corrected chi connectivity index (χ4v) is 4.26. The molecule has 2 fully saturated rings. The van der Waals surface area contributed by atoms with Crippen LogP contribution in [0, 0.1) is 5.92 Å². The number of para-hydroxylation sites is 1. The van der Waals surface area contributed by atoms with Crippen molar-refractivity contribution in [2.24, 2.45) is 11.7 Å². The van der Waals surface area contributed by atoms with Crippen LogP contribution in [0.25, 0.3) is 0 Å². The lowest BCUT2D eigenvalue weighted by Gasteiger charge is -2.36. The third-order valence-electron chi connectivity index (χ3n) is 6.10. The zero-order valence-corrected chi connectivity index (χ0v) is 17.1. The highest BCUT2D eigenvalue weighted by Gasteiger charge is 2.31. The zero-order valence-electron chi connectivity index (χ0n) is 17.1. The highest BCUT2D eigenvalue weighted by molar-refractivity contribution is 5.82. The maximum absolute atomic E-state index is 12.8. The normalized spacial score (nSPS) is 23.5.